The standard InChI is InChI=1S/C14H18N2O4S/c1-15(2)9-12-7-10-5-6-11(14(17)20-3)8-13(10)16(12)21(4,18)19/h5-8H,9H2,1-4H3. The predicted octanol–water partition coefficient (Wildman–Crippen LogP) is 1.30. The Hall–Kier alpha value is -1.86. The van der Waals surface area contributed by atoms with Gasteiger partial charge in [0.1, 0.15) is 0 Å². The summed E-state index contributed by atoms with van der Waals surface area (Å²) in [5, 5.41) is 0.768. The van der Waals surface area contributed by atoms with E-state index in [-0.39, 0.29) is 0 Å². The smallest absolute Gasteiger partial charge is 0.337 e. The van der Waals surface area contributed by atoms with Gasteiger partial charge in [0.2, 0.25) is 10.0 Å². The molecule has 0 fully saturated rings. The van der Waals surface area contributed by atoms with Crippen LogP contribution < -0.4 is 0 Å². The van der Waals surface area contributed by atoms with E-state index in [1.807, 2.05) is 25.1 Å². The number of hydrogen-bond acceptors (Lipinski definition) is 5. The molecule has 0 atom stereocenters. The zero-order valence-electron chi connectivity index (χ0n) is 12.5. The summed E-state index contributed by atoms with van der Waals surface area (Å²) in [6.45, 7) is 0.481. The second-order valence-electron chi connectivity index (χ2n) is 5.17. The number of fused-ring (bicyclic) bond motifs is 1. The number of rotatable bonds is 4. The molecule has 21 heavy (non-hydrogen) atoms. The molecule has 2 aromatic rings. The fourth-order valence-corrected chi connectivity index (χ4v) is 3.36. The third-order valence-corrected chi connectivity index (χ3v) is 4.16. The van der Waals surface area contributed by atoms with E-state index in [4.69, 9.17) is 0 Å². The van der Waals surface area contributed by atoms with Gasteiger partial charge in [0.05, 0.1) is 24.4 Å². The summed E-state index contributed by atoms with van der Waals surface area (Å²) < 4.78 is 30.1. The molecule has 1 heterocycles. The van der Waals surface area contributed by atoms with Gasteiger partial charge in [-0.3, -0.25) is 0 Å². The minimum atomic E-state index is -3.47. The van der Waals surface area contributed by atoms with E-state index in [1.54, 1.807) is 18.2 Å². The highest BCUT2D eigenvalue weighted by molar-refractivity contribution is 7.89. The Bertz CT molecular complexity index is 791. The number of hydrogen-bond donors (Lipinski definition) is 0. The number of esters is 1. The summed E-state index contributed by atoms with van der Waals surface area (Å²) in [5.74, 6) is -0.493. The van der Waals surface area contributed by atoms with E-state index in [1.165, 1.54) is 11.1 Å². The van der Waals surface area contributed by atoms with Crippen LogP contribution in [0.25, 0.3) is 10.9 Å². The fraction of sp³-hybridized carbons (Fsp3) is 0.357. The lowest BCUT2D eigenvalue weighted by Crippen LogP contribution is -2.19. The van der Waals surface area contributed by atoms with Crippen LogP contribution in [0, 0.1) is 0 Å². The van der Waals surface area contributed by atoms with Crippen molar-refractivity contribution in [2.24, 2.45) is 0 Å². The minimum Gasteiger partial charge on any atom is -0.465 e. The maximum atomic E-state index is 12.1. The third kappa shape index (κ3) is 3.08. The number of nitrogens with zero attached hydrogens (tertiary/aromatic N) is 2. The van der Waals surface area contributed by atoms with Gasteiger partial charge in [0, 0.05) is 17.6 Å². The molecule has 0 saturated heterocycles. The van der Waals surface area contributed by atoms with Gasteiger partial charge in [0.15, 0.2) is 0 Å². The van der Waals surface area contributed by atoms with Crippen LogP contribution in [0.3, 0.4) is 0 Å². The molecule has 2 rings (SSSR count). The molecule has 0 saturated carbocycles. The monoisotopic (exact) mass is 310 g/mol. The summed E-state index contributed by atoms with van der Waals surface area (Å²) >= 11 is 0. The van der Waals surface area contributed by atoms with Crippen LogP contribution in [-0.2, 0) is 21.3 Å². The van der Waals surface area contributed by atoms with Crippen molar-refractivity contribution in [3.8, 4) is 0 Å². The fourth-order valence-electron chi connectivity index (χ4n) is 2.30. The molecule has 1 aromatic heterocycles. The van der Waals surface area contributed by atoms with Crippen molar-refractivity contribution in [3.05, 3.63) is 35.5 Å². The minimum absolute atomic E-state index is 0.324. The highest BCUT2D eigenvalue weighted by Crippen LogP contribution is 2.24. The predicted molar refractivity (Wildman–Crippen MR) is 80.9 cm³/mol. The number of aromatic nitrogens is 1. The van der Waals surface area contributed by atoms with Crippen LogP contribution in [0.15, 0.2) is 24.3 Å². The molecule has 0 amide bonds. The summed E-state index contributed by atoms with van der Waals surface area (Å²) in [4.78, 5) is 13.5. The Kier molecular flexibility index (Phi) is 4.06. The van der Waals surface area contributed by atoms with Crippen LogP contribution in [0.5, 0.6) is 0 Å². The summed E-state index contributed by atoms with van der Waals surface area (Å²) in [6.07, 6.45) is 1.15. The van der Waals surface area contributed by atoms with Crippen LogP contribution in [0.2, 0.25) is 0 Å². The van der Waals surface area contributed by atoms with Crippen LogP contribution >= 0.6 is 0 Å². The Balaban J connectivity index is 2.74. The molecule has 0 N–H and O–H groups in total. The van der Waals surface area contributed by atoms with Crippen molar-refractivity contribution in [1.29, 1.82) is 0 Å². The van der Waals surface area contributed by atoms with E-state index in [9.17, 15) is 13.2 Å². The topological polar surface area (TPSA) is 68.6 Å². The number of carbonyl (C=O) groups excluding carboxylic acids is 1. The van der Waals surface area contributed by atoms with Gasteiger partial charge in [-0.15, -0.1) is 0 Å². The number of methoxy groups -OCH3 is 1. The molecular weight excluding hydrogens is 292 g/mol. The lowest BCUT2D eigenvalue weighted by Gasteiger charge is -2.12. The zero-order valence-corrected chi connectivity index (χ0v) is 13.3. The third-order valence-electron chi connectivity index (χ3n) is 3.06. The number of ether oxygens (including phenoxy) is 1. The average molecular weight is 310 g/mol. The van der Waals surface area contributed by atoms with Gasteiger partial charge in [-0.05, 0) is 32.3 Å². The van der Waals surface area contributed by atoms with Crippen LogP contribution in [0.4, 0.5) is 0 Å². The normalized spacial score (nSPS) is 12.0. The van der Waals surface area contributed by atoms with Crippen molar-refractivity contribution in [3.63, 3.8) is 0 Å². The summed E-state index contributed by atoms with van der Waals surface area (Å²) in [5.41, 5.74) is 1.46. The quantitative estimate of drug-likeness (QED) is 0.796. The van der Waals surface area contributed by atoms with E-state index in [0.29, 0.717) is 23.3 Å². The molecule has 0 aliphatic heterocycles. The van der Waals surface area contributed by atoms with Crippen molar-refractivity contribution in [2.45, 2.75) is 6.54 Å². The first-order valence-corrected chi connectivity index (χ1v) is 8.17. The average Bonchev–Trinajstić information content (AvgIpc) is 2.73. The van der Waals surface area contributed by atoms with Crippen LogP contribution in [0.1, 0.15) is 16.1 Å². The molecule has 1 aromatic carbocycles. The first kappa shape index (κ1) is 15.5. The SMILES string of the molecule is COC(=O)c1ccc2cc(CN(C)C)n(S(C)(=O)=O)c2c1. The molecule has 0 radical (unpaired) electrons. The molecule has 6 nitrogen and oxygen atoms in total. The van der Waals surface area contributed by atoms with Gasteiger partial charge in [-0.25, -0.2) is 17.2 Å². The Morgan fingerprint density at radius 1 is 1.29 bits per heavy atom. The molecule has 114 valence electrons. The largest absolute Gasteiger partial charge is 0.465 e. The number of carbonyl (C=O) groups is 1. The maximum Gasteiger partial charge on any atom is 0.337 e. The lowest BCUT2D eigenvalue weighted by atomic mass is 10.1. The van der Waals surface area contributed by atoms with E-state index >= 15 is 0 Å². The lowest BCUT2D eigenvalue weighted by molar-refractivity contribution is 0.0601. The van der Waals surface area contributed by atoms with Crippen molar-refractivity contribution in [1.82, 2.24) is 8.87 Å². The van der Waals surface area contributed by atoms with Gasteiger partial charge >= 0.3 is 5.97 Å². The molecule has 0 bridgehead atoms. The molecule has 0 aliphatic carbocycles. The Morgan fingerprint density at radius 2 is 1.95 bits per heavy atom. The Morgan fingerprint density at radius 3 is 2.48 bits per heavy atom. The molecular formula is C14H18N2O4S. The summed E-state index contributed by atoms with van der Waals surface area (Å²) in [6, 6.07) is 6.71. The zero-order chi connectivity index (χ0) is 15.8. The Labute approximate surface area is 124 Å². The van der Waals surface area contributed by atoms with E-state index in [0.717, 1.165) is 11.6 Å². The highest BCUT2D eigenvalue weighted by atomic mass is 32.2. The van der Waals surface area contributed by atoms with Crippen molar-refractivity contribution >= 4 is 26.9 Å². The van der Waals surface area contributed by atoms with Gasteiger partial charge in [-0.1, -0.05) is 6.07 Å². The van der Waals surface area contributed by atoms with Crippen LogP contribution in [-0.4, -0.2) is 50.7 Å². The van der Waals surface area contributed by atoms with Gasteiger partial charge < -0.3 is 9.64 Å². The molecule has 0 spiro atoms. The molecule has 0 unspecified atom stereocenters. The first-order chi connectivity index (χ1) is 9.74. The second kappa shape index (κ2) is 5.50. The maximum absolute atomic E-state index is 12.1. The summed E-state index contributed by atoms with van der Waals surface area (Å²) in [7, 11) is 1.55. The van der Waals surface area contributed by atoms with Gasteiger partial charge in [0.25, 0.3) is 0 Å². The molecule has 0 aliphatic rings. The number of benzene rings is 1. The van der Waals surface area contributed by atoms with Crippen molar-refractivity contribution in [2.75, 3.05) is 27.5 Å². The van der Waals surface area contributed by atoms with Gasteiger partial charge in [-0.2, -0.15) is 0 Å². The first-order valence-electron chi connectivity index (χ1n) is 6.32. The van der Waals surface area contributed by atoms with E-state index in [2.05, 4.69) is 4.74 Å². The highest BCUT2D eigenvalue weighted by Gasteiger charge is 2.18. The molecule has 7 heteroatoms. The second-order valence-corrected chi connectivity index (χ2v) is 7.00. The van der Waals surface area contributed by atoms with E-state index < -0.39 is 16.0 Å². The van der Waals surface area contributed by atoms with Crippen molar-refractivity contribution < 1.29 is 17.9 Å².